The zero-order chi connectivity index (χ0) is 21.1. The van der Waals surface area contributed by atoms with Crippen molar-refractivity contribution < 1.29 is 14.0 Å². The summed E-state index contributed by atoms with van der Waals surface area (Å²) in [6.45, 7) is 2.74. The number of amides is 2. The lowest BCUT2D eigenvalue weighted by Crippen LogP contribution is -2.40. The minimum atomic E-state index is -0.421. The number of hydrogen-bond donors (Lipinski definition) is 3. The van der Waals surface area contributed by atoms with Gasteiger partial charge >= 0.3 is 0 Å². The number of carbonyl (C=O) groups is 2. The molecule has 2 aromatic rings. The van der Waals surface area contributed by atoms with Crippen LogP contribution in [0.15, 0.2) is 30.3 Å². The molecule has 2 aliphatic heterocycles. The maximum atomic E-state index is 13.4. The van der Waals surface area contributed by atoms with Crippen LogP contribution >= 0.6 is 0 Å². The summed E-state index contributed by atoms with van der Waals surface area (Å²) >= 11 is 0. The van der Waals surface area contributed by atoms with Crippen LogP contribution in [-0.4, -0.2) is 54.4 Å². The largest absolute Gasteiger partial charge is 0.358 e. The van der Waals surface area contributed by atoms with E-state index in [-0.39, 0.29) is 17.6 Å². The Morgan fingerprint density at radius 3 is 2.60 bits per heavy atom. The summed E-state index contributed by atoms with van der Waals surface area (Å²) < 4.78 is 13.4. The van der Waals surface area contributed by atoms with Crippen LogP contribution in [0.1, 0.15) is 42.9 Å². The third-order valence-electron chi connectivity index (χ3n) is 6.22. The molecule has 6 nitrogen and oxygen atoms in total. The molecule has 1 aromatic heterocycles. The number of halogens is 1. The number of likely N-dealkylation sites (tertiary alicyclic amines) is 1. The van der Waals surface area contributed by atoms with Gasteiger partial charge in [-0.1, -0.05) is 0 Å². The van der Waals surface area contributed by atoms with E-state index in [1.54, 1.807) is 12.1 Å². The number of aryl methyl sites for hydroxylation is 1. The standard InChI is InChI=1S/C23H29FN4O2/c1-28-12-9-15(10-13-28)20-14-17(22(27-20)16-2-5-18(24)6-3-16)4-7-21(29)26-19-8-11-25-23(19)30/h2-3,5-6,14-15,19,27H,4,7-13H2,1H3,(H,25,30)(H,26,29). The first-order valence-electron chi connectivity index (χ1n) is 10.7. The number of nitrogens with zero attached hydrogens (tertiary/aromatic N) is 1. The highest BCUT2D eigenvalue weighted by Crippen LogP contribution is 2.33. The summed E-state index contributed by atoms with van der Waals surface area (Å²) in [5.74, 6) is -0.0347. The molecule has 2 aliphatic rings. The molecule has 3 N–H and O–H groups in total. The Balaban J connectivity index is 1.50. The second kappa shape index (κ2) is 9.00. The summed E-state index contributed by atoms with van der Waals surface area (Å²) in [6.07, 6.45) is 3.70. The highest BCUT2D eigenvalue weighted by atomic mass is 19.1. The van der Waals surface area contributed by atoms with E-state index in [9.17, 15) is 14.0 Å². The number of aromatic amines is 1. The van der Waals surface area contributed by atoms with Crippen LogP contribution in [0.2, 0.25) is 0 Å². The molecule has 0 spiro atoms. The zero-order valence-electron chi connectivity index (χ0n) is 17.3. The van der Waals surface area contributed by atoms with Crippen molar-refractivity contribution in [3.05, 3.63) is 47.4 Å². The Morgan fingerprint density at radius 2 is 1.93 bits per heavy atom. The smallest absolute Gasteiger partial charge is 0.242 e. The molecule has 0 saturated carbocycles. The van der Waals surface area contributed by atoms with Crippen LogP contribution in [0.25, 0.3) is 11.3 Å². The fraction of sp³-hybridized carbons (Fsp3) is 0.478. The van der Waals surface area contributed by atoms with Gasteiger partial charge in [0, 0.05) is 30.3 Å². The Hall–Kier alpha value is -2.67. The summed E-state index contributed by atoms with van der Waals surface area (Å²) in [7, 11) is 2.14. The van der Waals surface area contributed by atoms with Gasteiger partial charge in [0.05, 0.1) is 0 Å². The van der Waals surface area contributed by atoms with Gasteiger partial charge in [0.25, 0.3) is 0 Å². The molecule has 1 atom stereocenters. The molecule has 0 radical (unpaired) electrons. The number of hydrogen-bond acceptors (Lipinski definition) is 3. The van der Waals surface area contributed by atoms with E-state index in [1.165, 1.54) is 17.8 Å². The molecular formula is C23H29FN4O2. The van der Waals surface area contributed by atoms with Crippen molar-refractivity contribution in [2.45, 2.75) is 44.1 Å². The number of carbonyl (C=O) groups excluding carboxylic acids is 2. The molecule has 0 bridgehead atoms. The molecule has 3 heterocycles. The number of rotatable bonds is 6. The molecule has 160 valence electrons. The monoisotopic (exact) mass is 412 g/mol. The van der Waals surface area contributed by atoms with Crippen molar-refractivity contribution in [1.29, 1.82) is 0 Å². The van der Waals surface area contributed by atoms with Crippen molar-refractivity contribution in [3.8, 4) is 11.3 Å². The first-order valence-corrected chi connectivity index (χ1v) is 10.7. The zero-order valence-corrected chi connectivity index (χ0v) is 17.3. The van der Waals surface area contributed by atoms with E-state index in [1.807, 2.05) is 0 Å². The van der Waals surface area contributed by atoms with Gasteiger partial charge in [-0.3, -0.25) is 9.59 Å². The fourth-order valence-electron chi connectivity index (χ4n) is 4.38. The second-order valence-corrected chi connectivity index (χ2v) is 8.41. The lowest BCUT2D eigenvalue weighted by Gasteiger charge is -2.28. The van der Waals surface area contributed by atoms with Crippen molar-refractivity contribution in [1.82, 2.24) is 20.5 Å². The average Bonchev–Trinajstić information content (AvgIpc) is 3.34. The normalized spacial score (nSPS) is 20.3. The van der Waals surface area contributed by atoms with Crippen LogP contribution in [-0.2, 0) is 16.0 Å². The summed E-state index contributed by atoms with van der Waals surface area (Å²) in [6, 6.07) is 8.21. The van der Waals surface area contributed by atoms with Crippen LogP contribution in [0.5, 0.6) is 0 Å². The van der Waals surface area contributed by atoms with Gasteiger partial charge in [0.2, 0.25) is 11.8 Å². The minimum Gasteiger partial charge on any atom is -0.358 e. The highest BCUT2D eigenvalue weighted by molar-refractivity contribution is 5.89. The van der Waals surface area contributed by atoms with E-state index in [4.69, 9.17) is 0 Å². The maximum absolute atomic E-state index is 13.4. The summed E-state index contributed by atoms with van der Waals surface area (Å²) in [5, 5.41) is 5.56. The third kappa shape index (κ3) is 4.73. The van der Waals surface area contributed by atoms with Gasteiger partial charge in [-0.25, -0.2) is 4.39 Å². The maximum Gasteiger partial charge on any atom is 0.242 e. The van der Waals surface area contributed by atoms with Crippen LogP contribution in [0.4, 0.5) is 4.39 Å². The van der Waals surface area contributed by atoms with Crippen molar-refractivity contribution in [2.75, 3.05) is 26.7 Å². The summed E-state index contributed by atoms with van der Waals surface area (Å²) in [4.78, 5) is 30.0. The molecule has 2 fully saturated rings. The molecule has 0 aliphatic carbocycles. The van der Waals surface area contributed by atoms with Crippen LogP contribution < -0.4 is 10.6 Å². The van der Waals surface area contributed by atoms with Crippen molar-refractivity contribution >= 4 is 11.8 Å². The van der Waals surface area contributed by atoms with Crippen molar-refractivity contribution in [3.63, 3.8) is 0 Å². The molecule has 7 heteroatoms. The van der Waals surface area contributed by atoms with Crippen LogP contribution in [0, 0.1) is 5.82 Å². The minimum absolute atomic E-state index is 0.110. The molecule has 1 unspecified atom stereocenters. The van der Waals surface area contributed by atoms with Gasteiger partial charge in [-0.15, -0.1) is 0 Å². The fourth-order valence-corrected chi connectivity index (χ4v) is 4.38. The SMILES string of the molecule is CN1CCC(c2cc(CCC(=O)NC3CCNC3=O)c(-c3ccc(F)cc3)[nH]2)CC1. The Morgan fingerprint density at radius 1 is 1.20 bits per heavy atom. The number of nitrogens with one attached hydrogen (secondary N) is 3. The number of H-pyrrole nitrogens is 1. The average molecular weight is 413 g/mol. The Labute approximate surface area is 176 Å². The van der Waals surface area contributed by atoms with Gasteiger partial charge < -0.3 is 20.5 Å². The van der Waals surface area contributed by atoms with Gasteiger partial charge in [-0.2, -0.15) is 0 Å². The topological polar surface area (TPSA) is 77.2 Å². The molecule has 1 aromatic carbocycles. The van der Waals surface area contributed by atoms with E-state index >= 15 is 0 Å². The van der Waals surface area contributed by atoms with E-state index in [0.717, 1.165) is 42.8 Å². The van der Waals surface area contributed by atoms with E-state index in [0.29, 0.717) is 31.7 Å². The predicted molar refractivity (Wildman–Crippen MR) is 114 cm³/mol. The number of aromatic nitrogens is 1. The molecular weight excluding hydrogens is 383 g/mol. The molecule has 2 amide bonds. The third-order valence-corrected chi connectivity index (χ3v) is 6.22. The second-order valence-electron chi connectivity index (χ2n) is 8.41. The summed E-state index contributed by atoms with van der Waals surface area (Å²) in [5.41, 5.74) is 4.12. The van der Waals surface area contributed by atoms with Gasteiger partial charge in [-0.05, 0) is 87.3 Å². The first kappa shape index (κ1) is 20.6. The van der Waals surface area contributed by atoms with Crippen molar-refractivity contribution in [2.24, 2.45) is 0 Å². The number of piperidine rings is 1. The first-order chi connectivity index (χ1) is 14.5. The number of benzene rings is 1. The van der Waals surface area contributed by atoms with Gasteiger partial charge in [0.15, 0.2) is 0 Å². The Bertz CT molecular complexity index is 900. The van der Waals surface area contributed by atoms with E-state index in [2.05, 4.69) is 33.6 Å². The van der Waals surface area contributed by atoms with Gasteiger partial charge in [0.1, 0.15) is 11.9 Å². The molecule has 4 rings (SSSR count). The molecule has 30 heavy (non-hydrogen) atoms. The molecule has 2 saturated heterocycles. The quantitative estimate of drug-likeness (QED) is 0.683. The predicted octanol–water partition coefficient (Wildman–Crippen LogP) is 2.57. The van der Waals surface area contributed by atoms with E-state index < -0.39 is 6.04 Å². The lowest BCUT2D eigenvalue weighted by atomic mass is 9.93. The Kier molecular flexibility index (Phi) is 6.18. The van der Waals surface area contributed by atoms with Crippen LogP contribution in [0.3, 0.4) is 0 Å². The highest BCUT2D eigenvalue weighted by Gasteiger charge is 2.26. The lowest BCUT2D eigenvalue weighted by molar-refractivity contribution is -0.127.